The fourth-order valence-corrected chi connectivity index (χ4v) is 3.62. The summed E-state index contributed by atoms with van der Waals surface area (Å²) in [6.07, 6.45) is 0. The lowest BCUT2D eigenvalue weighted by Gasteiger charge is -2.11. The van der Waals surface area contributed by atoms with Gasteiger partial charge in [0.2, 0.25) is 0 Å². The van der Waals surface area contributed by atoms with Gasteiger partial charge in [-0.05, 0) is 36.4 Å². The van der Waals surface area contributed by atoms with Gasteiger partial charge in [0.25, 0.3) is 11.1 Å². The Balaban J connectivity index is 1.90. The van der Waals surface area contributed by atoms with E-state index in [0.29, 0.717) is 10.8 Å². The third-order valence-electron chi connectivity index (χ3n) is 3.94. The zero-order chi connectivity index (χ0) is 16.8. The Morgan fingerprint density at radius 1 is 0.958 bits per heavy atom. The van der Waals surface area contributed by atoms with Gasteiger partial charge < -0.3 is 4.90 Å². The van der Waals surface area contributed by atoms with Gasteiger partial charge in [-0.3, -0.25) is 19.8 Å². The highest BCUT2D eigenvalue weighted by Gasteiger charge is 2.11. The quantitative estimate of drug-likeness (QED) is 0.588. The highest BCUT2D eigenvalue weighted by atomic mass is 32.1. The maximum absolute atomic E-state index is 11.9. The van der Waals surface area contributed by atoms with Crippen LogP contribution in [0.25, 0.3) is 31.6 Å². The molecule has 0 fully saturated rings. The second-order valence-electron chi connectivity index (χ2n) is 5.73. The Bertz CT molecular complexity index is 1100. The monoisotopic (exact) mass is 338 g/mol. The van der Waals surface area contributed by atoms with Crippen molar-refractivity contribution >= 4 is 38.0 Å². The van der Waals surface area contributed by atoms with Gasteiger partial charge in [-0.2, -0.15) is 0 Å². The molecule has 120 valence electrons. The molecule has 0 aliphatic carbocycles. The summed E-state index contributed by atoms with van der Waals surface area (Å²) in [6.45, 7) is 0. The predicted octanol–water partition coefficient (Wildman–Crippen LogP) is 2.56. The second kappa shape index (κ2) is 5.31. The van der Waals surface area contributed by atoms with E-state index in [1.165, 1.54) is 11.3 Å². The summed E-state index contributed by atoms with van der Waals surface area (Å²) >= 11 is 1.50. The van der Waals surface area contributed by atoms with Crippen LogP contribution in [0.3, 0.4) is 0 Å². The van der Waals surface area contributed by atoms with Crippen molar-refractivity contribution in [2.45, 2.75) is 0 Å². The summed E-state index contributed by atoms with van der Waals surface area (Å²) in [7, 11) is 3.99. The van der Waals surface area contributed by atoms with Crippen LogP contribution in [-0.4, -0.2) is 29.3 Å². The minimum absolute atomic E-state index is 0.309. The van der Waals surface area contributed by atoms with E-state index >= 15 is 0 Å². The summed E-state index contributed by atoms with van der Waals surface area (Å²) < 4.78 is 0.880. The molecule has 0 atom stereocenters. The fourth-order valence-electron chi connectivity index (χ4n) is 2.62. The summed E-state index contributed by atoms with van der Waals surface area (Å²) in [5, 5.41) is 6.28. The highest BCUT2D eigenvalue weighted by Crippen LogP contribution is 2.32. The SMILES string of the molecule is CN(C)c1ccc(-c2nc3cc4c(=O)[nH][nH]c(=O)c4cc3s2)cc1. The Kier molecular flexibility index (Phi) is 3.24. The van der Waals surface area contributed by atoms with Crippen LogP contribution in [0.1, 0.15) is 0 Å². The number of rotatable bonds is 2. The molecule has 0 spiro atoms. The molecule has 2 heterocycles. The lowest BCUT2D eigenvalue weighted by Crippen LogP contribution is -2.18. The molecular formula is C17H14N4O2S. The first kappa shape index (κ1) is 14.6. The molecule has 4 aromatic rings. The maximum atomic E-state index is 11.9. The standard InChI is InChI=1S/C17H14N4O2S/c1-21(2)10-5-3-9(4-6-10)17-18-13-7-11-12(8-14(13)24-17)16(23)20-19-15(11)22/h3-8H,1-2H3,(H,19,22)(H,20,23). The molecule has 2 aromatic carbocycles. The molecule has 2 aromatic heterocycles. The van der Waals surface area contributed by atoms with Gasteiger partial charge >= 0.3 is 0 Å². The van der Waals surface area contributed by atoms with Crippen LogP contribution in [0, 0.1) is 0 Å². The van der Waals surface area contributed by atoms with E-state index in [4.69, 9.17) is 0 Å². The molecule has 0 saturated heterocycles. The van der Waals surface area contributed by atoms with E-state index in [-0.39, 0.29) is 11.1 Å². The normalized spacial score (nSPS) is 11.2. The maximum Gasteiger partial charge on any atom is 0.270 e. The highest BCUT2D eigenvalue weighted by molar-refractivity contribution is 7.21. The average Bonchev–Trinajstić information content (AvgIpc) is 3.00. The van der Waals surface area contributed by atoms with Crippen molar-refractivity contribution in [2.24, 2.45) is 0 Å². The molecule has 6 nitrogen and oxygen atoms in total. The number of aromatic amines is 2. The fraction of sp³-hybridized carbons (Fsp3) is 0.118. The summed E-state index contributed by atoms with van der Waals surface area (Å²) in [6, 6.07) is 11.5. The Morgan fingerprint density at radius 3 is 2.21 bits per heavy atom. The first-order valence-electron chi connectivity index (χ1n) is 7.36. The molecule has 0 radical (unpaired) electrons. The van der Waals surface area contributed by atoms with Crippen LogP contribution in [0.4, 0.5) is 5.69 Å². The van der Waals surface area contributed by atoms with E-state index in [1.807, 2.05) is 43.3 Å². The Hall–Kier alpha value is -2.93. The summed E-state index contributed by atoms with van der Waals surface area (Å²) in [4.78, 5) is 30.5. The smallest absolute Gasteiger partial charge is 0.270 e. The largest absolute Gasteiger partial charge is 0.378 e. The van der Waals surface area contributed by atoms with Crippen molar-refractivity contribution in [2.75, 3.05) is 19.0 Å². The number of aromatic nitrogens is 3. The molecule has 0 aliphatic rings. The minimum Gasteiger partial charge on any atom is -0.378 e. The van der Waals surface area contributed by atoms with E-state index in [9.17, 15) is 9.59 Å². The summed E-state index contributed by atoms with van der Waals surface area (Å²) in [5.74, 6) is 0. The molecule has 0 saturated carbocycles. The number of fused-ring (bicyclic) bond motifs is 2. The predicted molar refractivity (Wildman–Crippen MR) is 98.1 cm³/mol. The van der Waals surface area contributed by atoms with Crippen LogP contribution < -0.4 is 16.0 Å². The van der Waals surface area contributed by atoms with Crippen molar-refractivity contribution in [3.05, 3.63) is 57.1 Å². The van der Waals surface area contributed by atoms with E-state index < -0.39 is 0 Å². The molecule has 0 bridgehead atoms. The average molecular weight is 338 g/mol. The molecule has 0 unspecified atom stereocenters. The number of H-pyrrole nitrogens is 2. The van der Waals surface area contributed by atoms with Crippen LogP contribution in [0.15, 0.2) is 46.0 Å². The van der Waals surface area contributed by atoms with Gasteiger partial charge in [-0.25, -0.2) is 4.98 Å². The molecule has 4 rings (SSSR count). The van der Waals surface area contributed by atoms with Crippen molar-refractivity contribution in [3.8, 4) is 10.6 Å². The van der Waals surface area contributed by atoms with Gasteiger partial charge in [-0.15, -0.1) is 11.3 Å². The molecule has 0 aliphatic heterocycles. The molecular weight excluding hydrogens is 324 g/mol. The zero-order valence-corrected chi connectivity index (χ0v) is 13.9. The first-order valence-corrected chi connectivity index (χ1v) is 8.17. The van der Waals surface area contributed by atoms with E-state index in [0.717, 1.165) is 26.5 Å². The van der Waals surface area contributed by atoms with Gasteiger partial charge in [0, 0.05) is 25.3 Å². The Morgan fingerprint density at radius 2 is 1.58 bits per heavy atom. The van der Waals surface area contributed by atoms with Crippen molar-refractivity contribution in [1.29, 1.82) is 0 Å². The number of nitrogens with zero attached hydrogens (tertiary/aromatic N) is 2. The van der Waals surface area contributed by atoms with Crippen LogP contribution >= 0.6 is 11.3 Å². The molecule has 7 heteroatoms. The minimum atomic E-state index is -0.323. The van der Waals surface area contributed by atoms with E-state index in [2.05, 4.69) is 15.2 Å². The number of nitrogens with one attached hydrogen (secondary N) is 2. The number of hydrogen-bond donors (Lipinski definition) is 2. The van der Waals surface area contributed by atoms with Crippen LogP contribution in [-0.2, 0) is 0 Å². The van der Waals surface area contributed by atoms with Gasteiger partial charge in [0.15, 0.2) is 0 Å². The topological polar surface area (TPSA) is 81.8 Å². The zero-order valence-electron chi connectivity index (χ0n) is 13.1. The van der Waals surface area contributed by atoms with Gasteiger partial charge in [-0.1, -0.05) is 0 Å². The van der Waals surface area contributed by atoms with Crippen molar-refractivity contribution in [3.63, 3.8) is 0 Å². The van der Waals surface area contributed by atoms with Crippen LogP contribution in [0.2, 0.25) is 0 Å². The summed E-state index contributed by atoms with van der Waals surface area (Å²) in [5.41, 5.74) is 2.21. The number of hydrogen-bond acceptors (Lipinski definition) is 5. The van der Waals surface area contributed by atoms with Gasteiger partial charge in [0.1, 0.15) is 5.01 Å². The third-order valence-corrected chi connectivity index (χ3v) is 5.00. The molecule has 2 N–H and O–H groups in total. The molecule has 0 amide bonds. The third kappa shape index (κ3) is 2.30. The Labute approximate surface area is 140 Å². The molecule has 24 heavy (non-hydrogen) atoms. The second-order valence-corrected chi connectivity index (χ2v) is 6.76. The van der Waals surface area contributed by atoms with Crippen molar-refractivity contribution < 1.29 is 0 Å². The number of anilines is 1. The number of thiazole rings is 1. The lowest BCUT2D eigenvalue weighted by molar-refractivity contribution is 0.977. The van der Waals surface area contributed by atoms with Crippen LogP contribution in [0.5, 0.6) is 0 Å². The van der Waals surface area contributed by atoms with E-state index in [1.54, 1.807) is 12.1 Å². The number of benzene rings is 2. The van der Waals surface area contributed by atoms with Crippen molar-refractivity contribution in [1.82, 2.24) is 15.2 Å². The first-order chi connectivity index (χ1) is 11.5. The van der Waals surface area contributed by atoms with Gasteiger partial charge in [0.05, 0.1) is 21.0 Å². The lowest BCUT2D eigenvalue weighted by atomic mass is 10.2.